The van der Waals surface area contributed by atoms with Crippen LogP contribution >= 0.6 is 11.3 Å². The Hall–Kier alpha value is -1.65. The number of esters is 1. The molecule has 2 rings (SSSR count). The van der Waals surface area contributed by atoms with E-state index in [4.69, 9.17) is 4.74 Å². The van der Waals surface area contributed by atoms with Crippen LogP contribution in [0.1, 0.15) is 84.3 Å². The van der Waals surface area contributed by atoms with Crippen LogP contribution in [0.2, 0.25) is 0 Å². The molecule has 8 nitrogen and oxygen atoms in total. The van der Waals surface area contributed by atoms with E-state index in [9.17, 15) is 30.0 Å². The molecule has 0 aromatic carbocycles. The van der Waals surface area contributed by atoms with Crippen LogP contribution < -0.4 is 0 Å². The monoisotopic (exact) mass is 525 g/mol. The first kappa shape index (κ1) is 30.6. The highest BCUT2D eigenvalue weighted by Gasteiger charge is 2.42. The van der Waals surface area contributed by atoms with Gasteiger partial charge in [-0.15, -0.1) is 11.3 Å². The standard InChI is InChI=1S/C27H43NO7S/c1-15-8-7-9-16(2)25(33)18(4)26(34)27(5,6)22(31)12-24(32)35-21(11-20(15)30)17(3)10-19-14-36-23(13-29)28-19/h10,14-16,18,20-22,25,29-31,33H,7-9,11-13H2,1-6H3/b17-10+/t15?,16?,18?,20-,21?,22?,25-/m0/s1. The fraction of sp³-hybridized carbons (Fsp3) is 0.741. The summed E-state index contributed by atoms with van der Waals surface area (Å²) >= 11 is 1.32. The second-order valence-electron chi connectivity index (χ2n) is 11.0. The van der Waals surface area contributed by atoms with Crippen LogP contribution in [0.5, 0.6) is 0 Å². The highest BCUT2D eigenvalue weighted by molar-refractivity contribution is 7.09. The lowest BCUT2D eigenvalue weighted by Gasteiger charge is -2.35. The van der Waals surface area contributed by atoms with Crippen molar-refractivity contribution in [2.24, 2.45) is 23.2 Å². The van der Waals surface area contributed by atoms with E-state index in [0.717, 1.165) is 12.8 Å². The van der Waals surface area contributed by atoms with Crippen molar-refractivity contribution in [2.45, 2.75) is 105 Å². The zero-order valence-corrected chi connectivity index (χ0v) is 23.1. The number of rotatable bonds is 3. The third-order valence-electron chi connectivity index (χ3n) is 7.63. The van der Waals surface area contributed by atoms with E-state index in [-0.39, 0.29) is 30.6 Å². The number of cyclic esters (lactones) is 1. The summed E-state index contributed by atoms with van der Waals surface area (Å²) in [5.41, 5.74) is 0.0487. The van der Waals surface area contributed by atoms with Crippen LogP contribution in [-0.2, 0) is 20.9 Å². The molecule has 4 N–H and O–H groups in total. The average molecular weight is 526 g/mol. The normalized spacial score (nSPS) is 33.8. The van der Waals surface area contributed by atoms with Crippen molar-refractivity contribution in [3.8, 4) is 0 Å². The molecule has 7 atom stereocenters. The molecule has 1 saturated heterocycles. The molecule has 1 aromatic heterocycles. The second kappa shape index (κ2) is 13.2. The number of aromatic nitrogens is 1. The number of thiazole rings is 1. The average Bonchev–Trinajstić information content (AvgIpc) is 3.28. The number of hydrogen-bond donors (Lipinski definition) is 4. The highest BCUT2D eigenvalue weighted by atomic mass is 32.1. The highest BCUT2D eigenvalue weighted by Crippen LogP contribution is 2.33. The number of nitrogens with zero attached hydrogens (tertiary/aromatic N) is 1. The van der Waals surface area contributed by atoms with Crippen molar-refractivity contribution in [3.63, 3.8) is 0 Å². The van der Waals surface area contributed by atoms with E-state index in [2.05, 4.69) is 4.98 Å². The molecule has 1 aromatic rings. The molecule has 1 aliphatic rings. The minimum atomic E-state index is -1.30. The summed E-state index contributed by atoms with van der Waals surface area (Å²) in [6.07, 6.45) is 0.111. The number of ketones is 1. The van der Waals surface area contributed by atoms with Crippen molar-refractivity contribution in [1.82, 2.24) is 4.98 Å². The Morgan fingerprint density at radius 2 is 1.81 bits per heavy atom. The van der Waals surface area contributed by atoms with E-state index >= 15 is 0 Å². The number of aliphatic hydroxyl groups excluding tert-OH is 4. The van der Waals surface area contributed by atoms with Gasteiger partial charge in [0, 0.05) is 17.7 Å². The van der Waals surface area contributed by atoms with Crippen molar-refractivity contribution >= 4 is 29.2 Å². The number of Topliss-reactive ketones (excluding diaryl/α,β-unsaturated/α-hetero) is 1. The maximum atomic E-state index is 13.2. The van der Waals surface area contributed by atoms with Gasteiger partial charge < -0.3 is 25.2 Å². The summed E-state index contributed by atoms with van der Waals surface area (Å²) in [4.78, 5) is 30.4. The van der Waals surface area contributed by atoms with E-state index in [0.29, 0.717) is 22.7 Å². The molecular weight excluding hydrogens is 482 g/mol. The molecule has 0 spiro atoms. The summed E-state index contributed by atoms with van der Waals surface area (Å²) < 4.78 is 5.74. The molecular formula is C27H43NO7S. The topological polar surface area (TPSA) is 137 Å². The summed E-state index contributed by atoms with van der Waals surface area (Å²) in [6, 6.07) is 0. The first-order valence-corrected chi connectivity index (χ1v) is 13.7. The molecule has 1 fully saturated rings. The van der Waals surface area contributed by atoms with Crippen molar-refractivity contribution in [3.05, 3.63) is 21.7 Å². The molecule has 0 radical (unpaired) electrons. The first-order chi connectivity index (χ1) is 16.8. The van der Waals surface area contributed by atoms with E-state index in [1.165, 1.54) is 11.3 Å². The van der Waals surface area contributed by atoms with Gasteiger partial charge in [-0.25, -0.2) is 4.98 Å². The molecule has 9 heteroatoms. The number of aliphatic hydroxyl groups is 4. The van der Waals surface area contributed by atoms with Gasteiger partial charge in [0.1, 0.15) is 16.9 Å². The number of ether oxygens (including phenoxy) is 1. The minimum absolute atomic E-state index is 0.0694. The molecule has 2 heterocycles. The summed E-state index contributed by atoms with van der Waals surface area (Å²) in [5, 5.41) is 44.2. The Morgan fingerprint density at radius 3 is 2.42 bits per heavy atom. The largest absolute Gasteiger partial charge is 0.458 e. The molecule has 0 saturated carbocycles. The van der Waals surface area contributed by atoms with Gasteiger partial charge in [-0.1, -0.05) is 41.0 Å². The predicted molar refractivity (Wildman–Crippen MR) is 139 cm³/mol. The predicted octanol–water partition coefficient (Wildman–Crippen LogP) is 3.50. The van der Waals surface area contributed by atoms with Crippen LogP contribution in [-0.4, -0.2) is 61.6 Å². The van der Waals surface area contributed by atoms with Gasteiger partial charge in [0.05, 0.1) is 42.4 Å². The van der Waals surface area contributed by atoms with Gasteiger partial charge >= 0.3 is 5.97 Å². The zero-order valence-electron chi connectivity index (χ0n) is 22.3. The van der Waals surface area contributed by atoms with Crippen LogP contribution in [0.3, 0.4) is 0 Å². The fourth-order valence-corrected chi connectivity index (χ4v) is 5.32. The van der Waals surface area contributed by atoms with Gasteiger partial charge in [-0.2, -0.15) is 0 Å². The lowest BCUT2D eigenvalue weighted by molar-refractivity contribution is -0.155. The Kier molecular flexibility index (Phi) is 11.2. The quantitative estimate of drug-likeness (QED) is 0.440. The lowest BCUT2D eigenvalue weighted by atomic mass is 9.73. The van der Waals surface area contributed by atoms with Gasteiger partial charge in [-0.05, 0) is 43.3 Å². The second-order valence-corrected chi connectivity index (χ2v) is 11.9. The molecule has 5 unspecified atom stereocenters. The third kappa shape index (κ3) is 7.92. The molecule has 204 valence electrons. The van der Waals surface area contributed by atoms with Gasteiger partial charge in [-0.3, -0.25) is 9.59 Å². The summed E-state index contributed by atoms with van der Waals surface area (Å²) in [5.74, 6) is -1.87. The Balaban J connectivity index is 2.34. The third-order valence-corrected chi connectivity index (χ3v) is 8.48. The van der Waals surface area contributed by atoms with Crippen LogP contribution in [0.15, 0.2) is 11.0 Å². The molecule has 36 heavy (non-hydrogen) atoms. The number of hydrogen-bond acceptors (Lipinski definition) is 9. The van der Waals surface area contributed by atoms with Crippen molar-refractivity contribution in [1.29, 1.82) is 0 Å². The molecule has 0 amide bonds. The van der Waals surface area contributed by atoms with Gasteiger partial charge in [0.2, 0.25) is 0 Å². The van der Waals surface area contributed by atoms with E-state index in [1.807, 2.05) is 13.8 Å². The SMILES string of the molecule is C/C(=C\c1csc(CO)n1)C1C[C@H](O)C(C)CCCC(C)[C@H](O)C(C)C(=O)C(C)(C)C(O)CC(=O)O1. The molecule has 0 aliphatic carbocycles. The zero-order chi connectivity index (χ0) is 27.2. The van der Waals surface area contributed by atoms with Crippen molar-refractivity contribution in [2.75, 3.05) is 0 Å². The Bertz CT molecular complexity index is 912. The molecule has 1 aliphatic heterocycles. The van der Waals surface area contributed by atoms with Gasteiger partial charge in [0.15, 0.2) is 0 Å². The van der Waals surface area contributed by atoms with Crippen LogP contribution in [0.25, 0.3) is 6.08 Å². The van der Waals surface area contributed by atoms with Crippen LogP contribution in [0.4, 0.5) is 0 Å². The Labute approximate surface area is 218 Å². The maximum Gasteiger partial charge on any atom is 0.309 e. The summed E-state index contributed by atoms with van der Waals surface area (Å²) in [6.45, 7) is 10.3. The van der Waals surface area contributed by atoms with Gasteiger partial charge in [0.25, 0.3) is 0 Å². The Morgan fingerprint density at radius 1 is 1.17 bits per heavy atom. The fourth-order valence-electron chi connectivity index (χ4n) is 4.71. The summed E-state index contributed by atoms with van der Waals surface area (Å²) in [7, 11) is 0. The minimum Gasteiger partial charge on any atom is -0.458 e. The number of carbonyl (C=O) groups is 2. The van der Waals surface area contributed by atoms with Crippen molar-refractivity contribution < 1.29 is 34.8 Å². The maximum absolute atomic E-state index is 13.2. The molecule has 0 bridgehead atoms. The first-order valence-electron chi connectivity index (χ1n) is 12.8. The van der Waals surface area contributed by atoms with E-state index < -0.39 is 48.1 Å². The number of carbonyl (C=O) groups excluding carboxylic acids is 2. The van der Waals surface area contributed by atoms with Crippen LogP contribution in [0, 0.1) is 23.2 Å². The smallest absolute Gasteiger partial charge is 0.309 e. The lowest BCUT2D eigenvalue weighted by Crippen LogP contribution is -2.45. The van der Waals surface area contributed by atoms with E-state index in [1.54, 1.807) is 39.2 Å².